The van der Waals surface area contributed by atoms with Gasteiger partial charge < -0.3 is 9.64 Å². The number of amides is 1. The summed E-state index contributed by atoms with van der Waals surface area (Å²) >= 11 is 3.30. The predicted octanol–water partition coefficient (Wildman–Crippen LogP) is 3.55. The number of ether oxygens (including phenoxy) is 1. The molecule has 1 aliphatic rings. The molecule has 0 saturated carbocycles. The average Bonchev–Trinajstić information content (AvgIpc) is 2.92. The molecule has 0 radical (unpaired) electrons. The van der Waals surface area contributed by atoms with E-state index in [0.717, 1.165) is 0 Å². The second kappa shape index (κ2) is 6.50. The van der Waals surface area contributed by atoms with Crippen LogP contribution in [0.1, 0.15) is 6.42 Å². The van der Waals surface area contributed by atoms with Crippen LogP contribution in [0.25, 0.3) is 0 Å². The number of carbonyl (C=O) groups excluding carboxylic acids is 2. The molecule has 2 aromatic rings. The van der Waals surface area contributed by atoms with Crippen molar-refractivity contribution in [1.82, 2.24) is 0 Å². The third kappa shape index (κ3) is 3.27. The zero-order valence-corrected chi connectivity index (χ0v) is 13.6. The number of nitrogens with zero attached hydrogens (tertiary/aromatic N) is 1. The van der Waals surface area contributed by atoms with Gasteiger partial charge in [-0.25, -0.2) is 4.39 Å². The van der Waals surface area contributed by atoms with E-state index in [0.29, 0.717) is 10.2 Å². The van der Waals surface area contributed by atoms with Gasteiger partial charge in [-0.1, -0.05) is 24.3 Å². The van der Waals surface area contributed by atoms with Crippen LogP contribution in [0.3, 0.4) is 0 Å². The molecule has 1 unspecified atom stereocenters. The molecule has 3 rings (SSSR count). The monoisotopic (exact) mass is 377 g/mol. The molecule has 6 heteroatoms. The number of benzene rings is 2. The fourth-order valence-electron chi connectivity index (χ4n) is 2.49. The first-order chi connectivity index (χ1) is 11.1. The van der Waals surface area contributed by atoms with Gasteiger partial charge in [0.25, 0.3) is 0 Å². The molecule has 23 heavy (non-hydrogen) atoms. The lowest BCUT2D eigenvalue weighted by Crippen LogP contribution is -2.28. The number of hydrogen-bond acceptors (Lipinski definition) is 3. The first kappa shape index (κ1) is 15.7. The number of anilines is 1. The molecule has 0 spiro atoms. The van der Waals surface area contributed by atoms with E-state index in [2.05, 4.69) is 15.9 Å². The zero-order valence-electron chi connectivity index (χ0n) is 12.0. The highest BCUT2D eigenvalue weighted by Gasteiger charge is 2.37. The first-order valence-corrected chi connectivity index (χ1v) is 7.86. The van der Waals surface area contributed by atoms with Crippen molar-refractivity contribution in [3.63, 3.8) is 0 Å². The van der Waals surface area contributed by atoms with E-state index in [1.807, 2.05) is 0 Å². The quantitative estimate of drug-likeness (QED) is 0.606. The van der Waals surface area contributed by atoms with Crippen molar-refractivity contribution in [2.24, 2.45) is 5.92 Å². The molecule has 0 N–H and O–H groups in total. The highest BCUT2D eigenvalue weighted by Crippen LogP contribution is 2.30. The Bertz CT molecular complexity index is 765. The minimum absolute atomic E-state index is 0.0115. The molecule has 1 saturated heterocycles. The fraction of sp³-hybridized carbons (Fsp3) is 0.176. The number of para-hydroxylation sites is 2. The van der Waals surface area contributed by atoms with Crippen molar-refractivity contribution in [1.29, 1.82) is 0 Å². The Hall–Kier alpha value is -2.21. The van der Waals surface area contributed by atoms with Crippen LogP contribution >= 0.6 is 15.9 Å². The van der Waals surface area contributed by atoms with Gasteiger partial charge in [0.15, 0.2) is 0 Å². The first-order valence-electron chi connectivity index (χ1n) is 7.07. The van der Waals surface area contributed by atoms with Gasteiger partial charge in [0.2, 0.25) is 5.91 Å². The summed E-state index contributed by atoms with van der Waals surface area (Å²) in [7, 11) is 0. The van der Waals surface area contributed by atoms with Crippen molar-refractivity contribution in [3.8, 4) is 5.75 Å². The summed E-state index contributed by atoms with van der Waals surface area (Å²) < 4.78 is 19.8. The third-order valence-electron chi connectivity index (χ3n) is 3.65. The number of hydrogen-bond donors (Lipinski definition) is 0. The summed E-state index contributed by atoms with van der Waals surface area (Å²) in [4.78, 5) is 25.7. The van der Waals surface area contributed by atoms with Gasteiger partial charge in [-0.05, 0) is 40.2 Å². The summed E-state index contributed by atoms with van der Waals surface area (Å²) in [6.45, 7) is 0.114. The van der Waals surface area contributed by atoms with Gasteiger partial charge in [-0.15, -0.1) is 0 Å². The molecule has 0 aliphatic carbocycles. The van der Waals surface area contributed by atoms with Crippen molar-refractivity contribution in [3.05, 3.63) is 58.8 Å². The molecular weight excluding hydrogens is 365 g/mol. The Morgan fingerprint density at radius 2 is 1.87 bits per heavy atom. The lowest BCUT2D eigenvalue weighted by Gasteiger charge is -2.17. The average molecular weight is 378 g/mol. The Morgan fingerprint density at radius 3 is 2.61 bits per heavy atom. The van der Waals surface area contributed by atoms with Gasteiger partial charge in [-0.3, -0.25) is 9.59 Å². The summed E-state index contributed by atoms with van der Waals surface area (Å²) in [6.07, 6.45) is 0.0115. The van der Waals surface area contributed by atoms with Gasteiger partial charge in [0.05, 0.1) is 16.1 Å². The van der Waals surface area contributed by atoms with E-state index in [-0.39, 0.29) is 24.6 Å². The number of carbonyl (C=O) groups is 2. The second-order valence-corrected chi connectivity index (χ2v) is 6.06. The van der Waals surface area contributed by atoms with Crippen LogP contribution in [0.15, 0.2) is 53.0 Å². The largest absolute Gasteiger partial charge is 0.425 e. The smallest absolute Gasteiger partial charge is 0.316 e. The maximum Gasteiger partial charge on any atom is 0.316 e. The van der Waals surface area contributed by atoms with Crippen LogP contribution in [0, 0.1) is 11.7 Å². The Balaban J connectivity index is 1.74. The highest BCUT2D eigenvalue weighted by atomic mass is 79.9. The van der Waals surface area contributed by atoms with Crippen molar-refractivity contribution in [2.75, 3.05) is 11.4 Å². The summed E-state index contributed by atoms with van der Waals surface area (Å²) in [5.41, 5.74) is 0.189. The van der Waals surface area contributed by atoms with Gasteiger partial charge in [0, 0.05) is 13.0 Å². The van der Waals surface area contributed by atoms with Crippen LogP contribution in [-0.2, 0) is 9.59 Å². The van der Waals surface area contributed by atoms with E-state index >= 15 is 0 Å². The molecule has 1 aliphatic heterocycles. The molecule has 2 aromatic carbocycles. The zero-order chi connectivity index (χ0) is 16.4. The molecule has 1 amide bonds. The van der Waals surface area contributed by atoms with Crippen molar-refractivity contribution >= 4 is 33.5 Å². The lowest BCUT2D eigenvalue weighted by molar-refractivity contribution is -0.139. The molecule has 1 atom stereocenters. The van der Waals surface area contributed by atoms with Crippen molar-refractivity contribution in [2.45, 2.75) is 6.42 Å². The van der Waals surface area contributed by atoms with Crippen molar-refractivity contribution < 1.29 is 18.7 Å². The molecule has 0 aromatic heterocycles. The molecule has 1 heterocycles. The number of halogens is 2. The maximum absolute atomic E-state index is 13.8. The van der Waals surface area contributed by atoms with Crippen LogP contribution in [0.2, 0.25) is 0 Å². The molecule has 1 fully saturated rings. The minimum atomic E-state index is -0.616. The van der Waals surface area contributed by atoms with E-state index < -0.39 is 17.7 Å². The fourth-order valence-corrected chi connectivity index (χ4v) is 2.85. The third-order valence-corrected chi connectivity index (χ3v) is 4.30. The SMILES string of the molecule is O=C(Oc1ccccc1Br)C1CC(=O)N(c2ccccc2F)C1. The van der Waals surface area contributed by atoms with Crippen LogP contribution in [0.5, 0.6) is 5.75 Å². The van der Waals surface area contributed by atoms with E-state index in [9.17, 15) is 14.0 Å². The molecule has 4 nitrogen and oxygen atoms in total. The highest BCUT2D eigenvalue weighted by molar-refractivity contribution is 9.10. The Labute approximate surface area is 141 Å². The minimum Gasteiger partial charge on any atom is -0.425 e. The summed E-state index contributed by atoms with van der Waals surface area (Å²) in [6, 6.07) is 13.0. The molecule has 0 bridgehead atoms. The van der Waals surface area contributed by atoms with Gasteiger partial charge in [0.1, 0.15) is 11.6 Å². The molecule has 118 valence electrons. The number of rotatable bonds is 3. The number of esters is 1. The van der Waals surface area contributed by atoms with Crippen LogP contribution < -0.4 is 9.64 Å². The standard InChI is InChI=1S/C17H13BrFNO3/c18-12-5-1-4-8-15(12)23-17(22)11-9-16(21)20(10-11)14-7-3-2-6-13(14)19/h1-8,11H,9-10H2. The van der Waals surface area contributed by atoms with E-state index in [1.165, 1.54) is 17.0 Å². The normalized spacial score (nSPS) is 17.4. The summed E-state index contributed by atoms with van der Waals surface area (Å²) in [5, 5.41) is 0. The molecular formula is C17H13BrFNO3. The lowest BCUT2D eigenvalue weighted by atomic mass is 10.1. The second-order valence-electron chi connectivity index (χ2n) is 5.21. The Kier molecular flexibility index (Phi) is 4.43. The Morgan fingerprint density at radius 1 is 1.17 bits per heavy atom. The topological polar surface area (TPSA) is 46.6 Å². The van der Waals surface area contributed by atoms with Crippen LogP contribution in [0.4, 0.5) is 10.1 Å². The van der Waals surface area contributed by atoms with Crippen LogP contribution in [-0.4, -0.2) is 18.4 Å². The summed E-state index contributed by atoms with van der Waals surface area (Å²) in [5.74, 6) is -1.49. The predicted molar refractivity (Wildman–Crippen MR) is 86.6 cm³/mol. The van der Waals surface area contributed by atoms with Gasteiger partial charge >= 0.3 is 5.97 Å². The van der Waals surface area contributed by atoms with E-state index in [4.69, 9.17) is 4.74 Å². The maximum atomic E-state index is 13.8. The van der Waals surface area contributed by atoms with E-state index in [1.54, 1.807) is 36.4 Å². The van der Waals surface area contributed by atoms with Gasteiger partial charge in [-0.2, -0.15) is 0 Å².